The quantitative estimate of drug-likeness (QED) is 0.572. The zero-order valence-corrected chi connectivity index (χ0v) is 14.6. The van der Waals surface area contributed by atoms with Crippen LogP contribution in [0.3, 0.4) is 0 Å². The van der Waals surface area contributed by atoms with Gasteiger partial charge in [0.15, 0.2) is 5.76 Å². The minimum absolute atomic E-state index is 0.155. The van der Waals surface area contributed by atoms with Crippen LogP contribution < -0.4 is 5.32 Å². The number of aromatic nitrogens is 2. The minimum atomic E-state index is -0.155. The number of hydrogen-bond acceptors (Lipinski definition) is 5. The maximum atomic E-state index is 12.4. The van der Waals surface area contributed by atoms with Crippen LogP contribution in [-0.4, -0.2) is 15.9 Å². The van der Waals surface area contributed by atoms with Crippen LogP contribution >= 0.6 is 11.3 Å². The first-order chi connectivity index (χ1) is 12.8. The van der Waals surface area contributed by atoms with Crippen LogP contribution in [0.15, 0.2) is 76.3 Å². The van der Waals surface area contributed by atoms with Crippen molar-refractivity contribution in [2.75, 3.05) is 0 Å². The van der Waals surface area contributed by atoms with Crippen molar-refractivity contribution in [1.82, 2.24) is 15.3 Å². The molecule has 0 atom stereocenters. The van der Waals surface area contributed by atoms with Crippen LogP contribution in [0.1, 0.15) is 16.1 Å². The zero-order valence-electron chi connectivity index (χ0n) is 13.8. The fraction of sp³-hybridized carbons (Fsp3) is 0.0500. The SMILES string of the molecule is O=C(NCc1nccnc1-c1ccco1)c1ccc(-c2ccsc2)cc1. The molecular formula is C20H15N3O2S. The predicted molar refractivity (Wildman–Crippen MR) is 101 cm³/mol. The molecule has 0 saturated carbocycles. The normalized spacial score (nSPS) is 10.6. The Hall–Kier alpha value is -3.25. The molecule has 0 saturated heterocycles. The fourth-order valence-corrected chi connectivity index (χ4v) is 3.29. The molecule has 4 aromatic rings. The van der Waals surface area contributed by atoms with Crippen molar-refractivity contribution in [3.8, 4) is 22.6 Å². The first-order valence-corrected chi connectivity index (χ1v) is 9.00. The van der Waals surface area contributed by atoms with Crippen molar-refractivity contribution < 1.29 is 9.21 Å². The molecule has 128 valence electrons. The Labute approximate surface area is 154 Å². The minimum Gasteiger partial charge on any atom is -0.463 e. The molecule has 3 heterocycles. The molecule has 26 heavy (non-hydrogen) atoms. The van der Waals surface area contributed by atoms with Crippen molar-refractivity contribution in [1.29, 1.82) is 0 Å². The van der Waals surface area contributed by atoms with Crippen LogP contribution in [0.5, 0.6) is 0 Å². The second-order valence-corrected chi connectivity index (χ2v) is 6.38. The van der Waals surface area contributed by atoms with E-state index in [2.05, 4.69) is 26.7 Å². The summed E-state index contributed by atoms with van der Waals surface area (Å²) in [5.74, 6) is 0.473. The van der Waals surface area contributed by atoms with Gasteiger partial charge in [0.2, 0.25) is 0 Å². The summed E-state index contributed by atoms with van der Waals surface area (Å²) in [6.45, 7) is 0.273. The maximum absolute atomic E-state index is 12.4. The van der Waals surface area contributed by atoms with Gasteiger partial charge >= 0.3 is 0 Å². The van der Waals surface area contributed by atoms with Gasteiger partial charge in [0.1, 0.15) is 5.69 Å². The number of benzene rings is 1. The highest BCUT2D eigenvalue weighted by atomic mass is 32.1. The Morgan fingerprint density at radius 3 is 2.62 bits per heavy atom. The number of carbonyl (C=O) groups is 1. The van der Waals surface area contributed by atoms with Gasteiger partial charge in [0, 0.05) is 18.0 Å². The molecule has 0 aliphatic carbocycles. The molecule has 0 aliphatic rings. The fourth-order valence-electron chi connectivity index (χ4n) is 2.62. The third-order valence-electron chi connectivity index (χ3n) is 3.95. The van der Waals surface area contributed by atoms with Crippen LogP contribution in [0.2, 0.25) is 0 Å². The number of nitrogens with zero attached hydrogens (tertiary/aromatic N) is 2. The van der Waals surface area contributed by atoms with Crippen molar-refractivity contribution in [2.24, 2.45) is 0 Å². The van der Waals surface area contributed by atoms with E-state index >= 15 is 0 Å². The number of hydrogen-bond donors (Lipinski definition) is 1. The average Bonchev–Trinajstić information content (AvgIpc) is 3.40. The van der Waals surface area contributed by atoms with Gasteiger partial charge in [0.25, 0.3) is 5.91 Å². The van der Waals surface area contributed by atoms with Gasteiger partial charge in [-0.15, -0.1) is 0 Å². The van der Waals surface area contributed by atoms with E-state index in [1.807, 2.05) is 35.7 Å². The average molecular weight is 361 g/mol. The van der Waals surface area contributed by atoms with E-state index in [0.717, 1.165) is 11.1 Å². The van der Waals surface area contributed by atoms with Crippen LogP contribution in [-0.2, 0) is 6.54 Å². The Balaban J connectivity index is 1.46. The molecule has 3 aromatic heterocycles. The third-order valence-corrected chi connectivity index (χ3v) is 4.63. The molecule has 1 aromatic carbocycles. The monoisotopic (exact) mass is 361 g/mol. The predicted octanol–water partition coefficient (Wildman–Crippen LogP) is 4.40. The Bertz CT molecular complexity index is 994. The lowest BCUT2D eigenvalue weighted by molar-refractivity contribution is 0.0950. The van der Waals surface area contributed by atoms with E-state index in [9.17, 15) is 4.79 Å². The zero-order chi connectivity index (χ0) is 17.8. The second kappa shape index (κ2) is 7.33. The van der Waals surface area contributed by atoms with Gasteiger partial charge < -0.3 is 9.73 Å². The largest absolute Gasteiger partial charge is 0.463 e. The summed E-state index contributed by atoms with van der Waals surface area (Å²) >= 11 is 1.65. The molecule has 1 amide bonds. The van der Waals surface area contributed by atoms with Gasteiger partial charge in [-0.1, -0.05) is 12.1 Å². The van der Waals surface area contributed by atoms with E-state index < -0.39 is 0 Å². The number of amides is 1. The smallest absolute Gasteiger partial charge is 0.251 e. The highest BCUT2D eigenvalue weighted by molar-refractivity contribution is 7.08. The summed E-state index contributed by atoms with van der Waals surface area (Å²) in [5.41, 5.74) is 4.14. The topological polar surface area (TPSA) is 68.0 Å². The second-order valence-electron chi connectivity index (χ2n) is 5.60. The summed E-state index contributed by atoms with van der Waals surface area (Å²) in [7, 11) is 0. The van der Waals surface area contributed by atoms with Gasteiger partial charge in [0.05, 0.1) is 18.5 Å². The van der Waals surface area contributed by atoms with Gasteiger partial charge in [-0.2, -0.15) is 11.3 Å². The summed E-state index contributed by atoms with van der Waals surface area (Å²) < 4.78 is 5.39. The lowest BCUT2D eigenvalue weighted by Crippen LogP contribution is -2.23. The van der Waals surface area contributed by atoms with Crippen LogP contribution in [0.25, 0.3) is 22.6 Å². The number of rotatable bonds is 5. The summed E-state index contributed by atoms with van der Waals surface area (Å²) in [6.07, 6.45) is 4.79. The molecule has 0 fully saturated rings. The summed E-state index contributed by atoms with van der Waals surface area (Å²) in [6, 6.07) is 13.2. The molecule has 5 nitrogen and oxygen atoms in total. The van der Waals surface area contributed by atoms with Crippen LogP contribution in [0, 0.1) is 0 Å². The Kier molecular flexibility index (Phi) is 4.57. The summed E-state index contributed by atoms with van der Waals surface area (Å²) in [4.78, 5) is 21.1. The van der Waals surface area contributed by atoms with E-state index in [-0.39, 0.29) is 12.5 Å². The number of thiophene rings is 1. The molecule has 0 radical (unpaired) electrons. The number of carbonyl (C=O) groups excluding carboxylic acids is 1. The lowest BCUT2D eigenvalue weighted by atomic mass is 10.1. The van der Waals surface area contributed by atoms with E-state index in [4.69, 9.17) is 4.42 Å². The first-order valence-electron chi connectivity index (χ1n) is 8.06. The molecule has 0 spiro atoms. The third kappa shape index (κ3) is 3.41. The highest BCUT2D eigenvalue weighted by Crippen LogP contribution is 2.23. The van der Waals surface area contributed by atoms with E-state index in [0.29, 0.717) is 22.7 Å². The van der Waals surface area contributed by atoms with E-state index in [1.165, 1.54) is 0 Å². The highest BCUT2D eigenvalue weighted by Gasteiger charge is 2.12. The molecule has 6 heteroatoms. The molecule has 0 bridgehead atoms. The molecular weight excluding hydrogens is 346 g/mol. The van der Waals surface area contributed by atoms with Gasteiger partial charge in [-0.05, 0) is 52.2 Å². The van der Waals surface area contributed by atoms with E-state index in [1.54, 1.807) is 36.1 Å². The van der Waals surface area contributed by atoms with Crippen molar-refractivity contribution in [3.05, 3.63) is 83.1 Å². The first kappa shape index (κ1) is 16.2. The van der Waals surface area contributed by atoms with Gasteiger partial charge in [-0.25, -0.2) is 4.98 Å². The molecule has 1 N–H and O–H groups in total. The number of furan rings is 1. The van der Waals surface area contributed by atoms with Crippen LogP contribution in [0.4, 0.5) is 0 Å². The van der Waals surface area contributed by atoms with Crippen molar-refractivity contribution >= 4 is 17.2 Å². The van der Waals surface area contributed by atoms with Crippen molar-refractivity contribution in [3.63, 3.8) is 0 Å². The summed E-state index contributed by atoms with van der Waals surface area (Å²) in [5, 5.41) is 7.01. The standard InChI is InChI=1S/C20H15N3O2S/c24-20(15-5-3-14(4-6-15)16-7-11-26-13-16)23-12-17-19(22-9-8-21-17)18-2-1-10-25-18/h1-11,13H,12H2,(H,23,24). The Morgan fingerprint density at radius 1 is 1.04 bits per heavy atom. The Morgan fingerprint density at radius 2 is 1.88 bits per heavy atom. The maximum Gasteiger partial charge on any atom is 0.251 e. The lowest BCUT2D eigenvalue weighted by Gasteiger charge is -2.08. The van der Waals surface area contributed by atoms with Gasteiger partial charge in [-0.3, -0.25) is 9.78 Å². The van der Waals surface area contributed by atoms with Crippen molar-refractivity contribution in [2.45, 2.75) is 6.54 Å². The number of nitrogens with one attached hydrogen (secondary N) is 1. The molecule has 0 unspecified atom stereocenters. The molecule has 4 rings (SSSR count). The molecule has 0 aliphatic heterocycles.